The van der Waals surface area contributed by atoms with E-state index in [1.807, 2.05) is 19.9 Å². The zero-order valence-corrected chi connectivity index (χ0v) is 22.3. The molecule has 1 aromatic heterocycles. The maximum Gasteiger partial charge on any atom is 0.243 e. The standard InChI is InChI=1S/C26H34FN3O3S2/c1-4-33-14-6-13-30-25-11-10-23(35(31,32)29-12-5-7-19(2)17-29)16-24(25)28-26(30)34-18-21-15-22(27)9-8-20(21)3/h8-11,15-16,19H,4-7,12-14,17-18H2,1-3H3/t19-/m0/s1. The van der Waals surface area contributed by atoms with E-state index in [1.165, 1.54) is 17.8 Å². The Kier molecular flexibility index (Phi) is 8.52. The van der Waals surface area contributed by atoms with Crippen LogP contribution in [0, 0.1) is 18.7 Å². The van der Waals surface area contributed by atoms with Crippen molar-refractivity contribution in [2.24, 2.45) is 5.92 Å². The van der Waals surface area contributed by atoms with E-state index < -0.39 is 10.0 Å². The third-order valence-electron chi connectivity index (χ3n) is 6.48. The van der Waals surface area contributed by atoms with Gasteiger partial charge >= 0.3 is 0 Å². The Labute approximate surface area is 211 Å². The van der Waals surface area contributed by atoms with Crippen LogP contribution in [0.5, 0.6) is 0 Å². The van der Waals surface area contributed by atoms with Crippen molar-refractivity contribution in [3.63, 3.8) is 0 Å². The molecule has 0 unspecified atom stereocenters. The summed E-state index contributed by atoms with van der Waals surface area (Å²) < 4.78 is 49.7. The van der Waals surface area contributed by atoms with Gasteiger partial charge in [-0.15, -0.1) is 0 Å². The van der Waals surface area contributed by atoms with Crippen molar-refractivity contribution in [1.82, 2.24) is 13.9 Å². The summed E-state index contributed by atoms with van der Waals surface area (Å²) in [5.41, 5.74) is 3.50. The van der Waals surface area contributed by atoms with Crippen LogP contribution in [0.15, 0.2) is 46.5 Å². The zero-order valence-electron chi connectivity index (χ0n) is 20.7. The number of aryl methyl sites for hydroxylation is 2. The van der Waals surface area contributed by atoms with Crippen molar-refractivity contribution in [3.05, 3.63) is 53.3 Å². The molecule has 3 aromatic rings. The number of rotatable bonds is 10. The van der Waals surface area contributed by atoms with Crippen LogP contribution in [0.25, 0.3) is 11.0 Å². The Balaban J connectivity index is 1.64. The minimum Gasteiger partial charge on any atom is -0.382 e. The molecule has 190 valence electrons. The van der Waals surface area contributed by atoms with Crippen molar-refractivity contribution < 1.29 is 17.5 Å². The van der Waals surface area contributed by atoms with E-state index in [1.54, 1.807) is 28.6 Å². The second kappa shape index (κ2) is 11.4. The number of piperidine rings is 1. The molecule has 4 rings (SSSR count). The molecule has 0 saturated carbocycles. The molecule has 6 nitrogen and oxygen atoms in total. The zero-order chi connectivity index (χ0) is 25.0. The lowest BCUT2D eigenvalue weighted by atomic mass is 10.0. The Morgan fingerprint density at radius 2 is 2.06 bits per heavy atom. The molecule has 2 aromatic carbocycles. The molecule has 0 N–H and O–H groups in total. The van der Waals surface area contributed by atoms with Crippen molar-refractivity contribution in [2.45, 2.75) is 62.4 Å². The molecule has 1 atom stereocenters. The Hall–Kier alpha value is -1.94. The first-order valence-corrected chi connectivity index (χ1v) is 14.7. The van der Waals surface area contributed by atoms with E-state index in [4.69, 9.17) is 9.72 Å². The van der Waals surface area contributed by atoms with Crippen LogP contribution in [-0.4, -0.2) is 48.6 Å². The van der Waals surface area contributed by atoms with Crippen LogP contribution in [0.4, 0.5) is 4.39 Å². The fourth-order valence-electron chi connectivity index (χ4n) is 4.49. The molecule has 2 heterocycles. The summed E-state index contributed by atoms with van der Waals surface area (Å²) in [4.78, 5) is 5.11. The van der Waals surface area contributed by atoms with Gasteiger partial charge in [-0.2, -0.15) is 4.31 Å². The lowest BCUT2D eigenvalue weighted by Gasteiger charge is -2.30. The molecular weight excluding hydrogens is 485 g/mol. The number of sulfonamides is 1. The molecule has 1 fully saturated rings. The van der Waals surface area contributed by atoms with Gasteiger partial charge in [0.25, 0.3) is 0 Å². The van der Waals surface area contributed by atoms with Gasteiger partial charge in [-0.05, 0) is 80.5 Å². The Morgan fingerprint density at radius 3 is 2.83 bits per heavy atom. The van der Waals surface area contributed by atoms with E-state index in [-0.39, 0.29) is 10.7 Å². The quantitative estimate of drug-likeness (QED) is 0.257. The maximum absolute atomic E-state index is 13.8. The van der Waals surface area contributed by atoms with Gasteiger partial charge in [-0.3, -0.25) is 0 Å². The largest absolute Gasteiger partial charge is 0.382 e. The first kappa shape index (κ1) is 26.1. The Bertz CT molecular complexity index is 1280. The molecule has 9 heteroatoms. The molecule has 0 amide bonds. The van der Waals surface area contributed by atoms with Gasteiger partial charge in [0, 0.05) is 38.6 Å². The van der Waals surface area contributed by atoms with Gasteiger partial charge in [-0.1, -0.05) is 24.8 Å². The van der Waals surface area contributed by atoms with Gasteiger partial charge in [0.05, 0.1) is 15.9 Å². The van der Waals surface area contributed by atoms with E-state index in [2.05, 4.69) is 11.5 Å². The number of thioether (sulfide) groups is 1. The Morgan fingerprint density at radius 1 is 1.23 bits per heavy atom. The van der Waals surface area contributed by atoms with E-state index in [0.717, 1.165) is 41.1 Å². The van der Waals surface area contributed by atoms with Gasteiger partial charge in [-0.25, -0.2) is 17.8 Å². The number of benzene rings is 2. The second-order valence-corrected chi connectivity index (χ2v) is 12.1. The summed E-state index contributed by atoms with van der Waals surface area (Å²) in [6.45, 7) is 9.17. The van der Waals surface area contributed by atoms with Gasteiger partial charge in [0.1, 0.15) is 5.82 Å². The lowest BCUT2D eigenvalue weighted by molar-refractivity contribution is 0.141. The van der Waals surface area contributed by atoms with Crippen molar-refractivity contribution in [2.75, 3.05) is 26.3 Å². The number of aromatic nitrogens is 2. The molecular formula is C26H34FN3O3S2. The fourth-order valence-corrected chi connectivity index (χ4v) is 7.22. The van der Waals surface area contributed by atoms with Crippen molar-refractivity contribution in [3.8, 4) is 0 Å². The SMILES string of the molecule is CCOCCCn1c(SCc2cc(F)ccc2C)nc2cc(S(=O)(=O)N3CCC[C@H](C)C3)ccc21. The molecule has 1 aliphatic rings. The fraction of sp³-hybridized carbons (Fsp3) is 0.500. The van der Waals surface area contributed by atoms with E-state index in [0.29, 0.717) is 50.0 Å². The maximum atomic E-state index is 13.8. The highest BCUT2D eigenvalue weighted by Crippen LogP contribution is 2.31. The number of nitrogens with zero attached hydrogens (tertiary/aromatic N) is 3. The predicted molar refractivity (Wildman–Crippen MR) is 139 cm³/mol. The summed E-state index contributed by atoms with van der Waals surface area (Å²) in [5, 5.41) is 0.793. The number of fused-ring (bicyclic) bond motifs is 1. The topological polar surface area (TPSA) is 64.4 Å². The highest BCUT2D eigenvalue weighted by molar-refractivity contribution is 7.98. The first-order valence-electron chi connectivity index (χ1n) is 12.3. The summed E-state index contributed by atoms with van der Waals surface area (Å²) in [7, 11) is -3.56. The molecule has 0 spiro atoms. The third kappa shape index (κ3) is 6.07. The van der Waals surface area contributed by atoms with Gasteiger partial charge in [0.2, 0.25) is 10.0 Å². The molecule has 0 bridgehead atoms. The molecule has 0 aliphatic carbocycles. The van der Waals surface area contributed by atoms with Crippen LogP contribution < -0.4 is 0 Å². The number of hydrogen-bond donors (Lipinski definition) is 0. The van der Waals surface area contributed by atoms with E-state index >= 15 is 0 Å². The molecule has 35 heavy (non-hydrogen) atoms. The minimum absolute atomic E-state index is 0.252. The summed E-state index contributed by atoms with van der Waals surface area (Å²) in [5.74, 6) is 0.689. The van der Waals surface area contributed by atoms with Crippen LogP contribution in [0.1, 0.15) is 44.2 Å². The second-order valence-electron chi connectivity index (χ2n) is 9.22. The summed E-state index contributed by atoms with van der Waals surface area (Å²) >= 11 is 1.54. The van der Waals surface area contributed by atoms with Crippen molar-refractivity contribution >= 4 is 32.8 Å². The monoisotopic (exact) mass is 519 g/mol. The summed E-state index contributed by atoms with van der Waals surface area (Å²) in [6, 6.07) is 10.1. The summed E-state index contributed by atoms with van der Waals surface area (Å²) in [6.07, 6.45) is 2.76. The highest BCUT2D eigenvalue weighted by Gasteiger charge is 2.29. The van der Waals surface area contributed by atoms with Crippen LogP contribution >= 0.6 is 11.8 Å². The van der Waals surface area contributed by atoms with Gasteiger partial charge in [0.15, 0.2) is 5.16 Å². The number of halogens is 1. The average Bonchev–Trinajstić information content (AvgIpc) is 3.19. The van der Waals surface area contributed by atoms with Crippen LogP contribution in [0.2, 0.25) is 0 Å². The van der Waals surface area contributed by atoms with Crippen LogP contribution in [-0.2, 0) is 27.1 Å². The highest BCUT2D eigenvalue weighted by atomic mass is 32.2. The number of hydrogen-bond acceptors (Lipinski definition) is 5. The van der Waals surface area contributed by atoms with Gasteiger partial charge < -0.3 is 9.30 Å². The molecule has 1 aliphatic heterocycles. The lowest BCUT2D eigenvalue weighted by Crippen LogP contribution is -2.39. The predicted octanol–water partition coefficient (Wildman–Crippen LogP) is 5.62. The average molecular weight is 520 g/mol. The van der Waals surface area contributed by atoms with Crippen molar-refractivity contribution in [1.29, 1.82) is 0 Å². The first-order chi connectivity index (χ1) is 16.8. The number of imidazole rings is 1. The third-order valence-corrected chi connectivity index (χ3v) is 9.37. The van der Waals surface area contributed by atoms with Crippen LogP contribution in [0.3, 0.4) is 0 Å². The minimum atomic E-state index is -3.56. The number of ether oxygens (including phenoxy) is 1. The molecule has 1 saturated heterocycles. The smallest absolute Gasteiger partial charge is 0.243 e. The normalized spacial score (nSPS) is 17.3. The molecule has 0 radical (unpaired) electrons. The van der Waals surface area contributed by atoms with E-state index in [9.17, 15) is 12.8 Å².